The monoisotopic (exact) mass is 418 g/mol. The normalized spacial score (nSPS) is 11.3. The van der Waals surface area contributed by atoms with E-state index in [9.17, 15) is 19.5 Å². The Morgan fingerprint density at radius 3 is 1.47 bits per heavy atom. The number of ketones is 1. The minimum absolute atomic E-state index is 0.0341. The molecule has 0 fully saturated rings. The molecule has 0 spiro atoms. The molecule has 1 atom stereocenters. The van der Waals surface area contributed by atoms with Crippen molar-refractivity contribution in [3.05, 3.63) is 71.8 Å². The van der Waals surface area contributed by atoms with Crippen molar-refractivity contribution < 1.29 is 34.8 Å². The fourth-order valence-corrected chi connectivity index (χ4v) is 2.29. The predicted octanol–water partition coefficient (Wildman–Crippen LogP) is 3.36. The first-order valence-corrected chi connectivity index (χ1v) is 9.34. The van der Waals surface area contributed by atoms with Crippen molar-refractivity contribution in [3.63, 3.8) is 0 Å². The average molecular weight is 418 g/mol. The quantitative estimate of drug-likeness (QED) is 0.418. The highest BCUT2D eigenvalue weighted by Crippen LogP contribution is 2.24. The maximum absolute atomic E-state index is 10.7. The lowest BCUT2D eigenvalue weighted by atomic mass is 9.82. The average Bonchev–Trinajstić information content (AvgIpc) is 2.74. The van der Waals surface area contributed by atoms with Gasteiger partial charge in [-0.3, -0.25) is 4.79 Å². The van der Waals surface area contributed by atoms with Gasteiger partial charge in [0.25, 0.3) is 5.78 Å². The molecule has 0 aliphatic carbocycles. The van der Waals surface area contributed by atoms with E-state index in [4.69, 9.17) is 15.3 Å². The molecular formula is C23H30O7. The van der Waals surface area contributed by atoms with Crippen molar-refractivity contribution in [2.75, 3.05) is 6.61 Å². The number of carboxylic acid groups (broad SMARTS) is 2. The number of aliphatic carboxylic acids is 1. The van der Waals surface area contributed by atoms with Crippen LogP contribution in [-0.2, 0) is 4.79 Å². The summed E-state index contributed by atoms with van der Waals surface area (Å²) in [6.45, 7) is 7.64. The van der Waals surface area contributed by atoms with E-state index in [0.29, 0.717) is 5.56 Å². The predicted molar refractivity (Wildman–Crippen MR) is 114 cm³/mol. The standard InChI is InChI=1S/C8H6O3.C8H18O2.C7H6O2/c9-7(8(10)11)6-4-2-1-3-5-6;1-6(2)7(10)8(3,4)5-9;8-7(9)6-4-2-1-3-5-6/h1-5H,(H,10,11);6-7,9-10H,5H2,1-4H3;1-5H,(H,8,9). The van der Waals surface area contributed by atoms with Crippen molar-refractivity contribution >= 4 is 17.7 Å². The molecule has 7 nitrogen and oxygen atoms in total. The Morgan fingerprint density at radius 2 is 1.23 bits per heavy atom. The first-order chi connectivity index (χ1) is 13.9. The van der Waals surface area contributed by atoms with Crippen LogP contribution in [-0.4, -0.2) is 50.9 Å². The van der Waals surface area contributed by atoms with Crippen molar-refractivity contribution in [2.45, 2.75) is 33.8 Å². The second-order valence-electron chi connectivity index (χ2n) is 7.51. The Balaban J connectivity index is 0.000000423. The Labute approximate surface area is 176 Å². The van der Waals surface area contributed by atoms with Gasteiger partial charge in [-0.15, -0.1) is 0 Å². The molecule has 0 aromatic heterocycles. The smallest absolute Gasteiger partial charge is 0.377 e. The van der Waals surface area contributed by atoms with E-state index < -0.39 is 23.8 Å². The van der Waals surface area contributed by atoms with Crippen LogP contribution in [0.1, 0.15) is 48.4 Å². The molecule has 0 bridgehead atoms. The highest BCUT2D eigenvalue weighted by atomic mass is 16.4. The summed E-state index contributed by atoms with van der Waals surface area (Å²) in [7, 11) is 0. The van der Waals surface area contributed by atoms with Gasteiger partial charge in [0, 0.05) is 11.0 Å². The van der Waals surface area contributed by atoms with E-state index in [0.717, 1.165) is 0 Å². The summed E-state index contributed by atoms with van der Waals surface area (Å²) < 4.78 is 0. The van der Waals surface area contributed by atoms with E-state index >= 15 is 0 Å². The van der Waals surface area contributed by atoms with Crippen molar-refractivity contribution in [1.29, 1.82) is 0 Å². The zero-order chi connectivity index (χ0) is 23.3. The molecule has 0 aliphatic rings. The number of benzene rings is 2. The number of rotatable bonds is 6. The zero-order valence-corrected chi connectivity index (χ0v) is 17.6. The molecule has 164 valence electrons. The lowest BCUT2D eigenvalue weighted by Gasteiger charge is -2.30. The fourth-order valence-electron chi connectivity index (χ4n) is 2.29. The molecule has 0 aliphatic heterocycles. The Bertz CT molecular complexity index is 784. The van der Waals surface area contributed by atoms with Crippen LogP contribution < -0.4 is 0 Å². The number of carbonyl (C=O) groups is 3. The van der Waals surface area contributed by atoms with Gasteiger partial charge in [0.1, 0.15) is 0 Å². The number of hydrogen-bond acceptors (Lipinski definition) is 5. The number of hydrogen-bond donors (Lipinski definition) is 4. The molecule has 0 radical (unpaired) electrons. The minimum Gasteiger partial charge on any atom is -0.478 e. The molecule has 0 amide bonds. The number of carboxylic acids is 2. The lowest BCUT2D eigenvalue weighted by Crippen LogP contribution is -2.36. The molecule has 0 saturated carbocycles. The first kappa shape index (κ1) is 27.0. The third-order valence-corrected chi connectivity index (χ3v) is 4.09. The Morgan fingerprint density at radius 1 is 0.833 bits per heavy atom. The highest BCUT2D eigenvalue weighted by Gasteiger charge is 2.28. The number of Topliss-reactive ketones (excluding diaryl/α,β-unsaturated/α-hetero) is 1. The largest absolute Gasteiger partial charge is 0.478 e. The SMILES string of the molecule is CC(C)C(O)C(C)(C)CO.O=C(O)C(=O)c1ccccc1.O=C(O)c1ccccc1. The summed E-state index contributed by atoms with van der Waals surface area (Å²) in [6, 6.07) is 16.2. The number of carbonyl (C=O) groups excluding carboxylic acids is 1. The molecule has 2 rings (SSSR count). The number of aliphatic hydroxyl groups is 2. The summed E-state index contributed by atoms with van der Waals surface area (Å²) in [4.78, 5) is 31.1. The number of aliphatic hydroxyl groups excluding tert-OH is 2. The highest BCUT2D eigenvalue weighted by molar-refractivity contribution is 6.39. The van der Waals surface area contributed by atoms with Crippen LogP contribution in [0.4, 0.5) is 0 Å². The minimum atomic E-state index is -1.42. The van der Waals surface area contributed by atoms with E-state index in [1.165, 1.54) is 12.1 Å². The first-order valence-electron chi connectivity index (χ1n) is 9.34. The van der Waals surface area contributed by atoms with Crippen molar-refractivity contribution in [2.24, 2.45) is 11.3 Å². The van der Waals surface area contributed by atoms with Gasteiger partial charge in [0.2, 0.25) is 0 Å². The summed E-state index contributed by atoms with van der Waals surface area (Å²) in [5.74, 6) is -2.96. The number of aromatic carboxylic acids is 1. The molecule has 2 aromatic rings. The second-order valence-corrected chi connectivity index (χ2v) is 7.51. The van der Waals surface area contributed by atoms with Gasteiger partial charge in [-0.2, -0.15) is 0 Å². The summed E-state index contributed by atoms with van der Waals surface area (Å²) in [5.41, 5.74) is 0.172. The van der Waals surface area contributed by atoms with Crippen LogP contribution in [0.15, 0.2) is 60.7 Å². The molecule has 1 unspecified atom stereocenters. The Kier molecular flexibility index (Phi) is 11.9. The van der Waals surface area contributed by atoms with Crippen LogP contribution in [0, 0.1) is 11.3 Å². The van der Waals surface area contributed by atoms with Gasteiger partial charge in [-0.25, -0.2) is 9.59 Å². The van der Waals surface area contributed by atoms with Gasteiger partial charge in [0.05, 0.1) is 18.3 Å². The summed E-state index contributed by atoms with van der Waals surface area (Å²) in [6.07, 6.45) is -0.419. The molecule has 4 N–H and O–H groups in total. The van der Waals surface area contributed by atoms with Crippen LogP contribution in [0.3, 0.4) is 0 Å². The van der Waals surface area contributed by atoms with Crippen molar-refractivity contribution in [1.82, 2.24) is 0 Å². The third kappa shape index (κ3) is 9.95. The summed E-state index contributed by atoms with van der Waals surface area (Å²) >= 11 is 0. The van der Waals surface area contributed by atoms with Gasteiger partial charge < -0.3 is 20.4 Å². The van der Waals surface area contributed by atoms with Gasteiger partial charge in [-0.1, -0.05) is 76.2 Å². The van der Waals surface area contributed by atoms with E-state index in [1.807, 2.05) is 27.7 Å². The van der Waals surface area contributed by atoms with Crippen LogP contribution in [0.25, 0.3) is 0 Å². The Hall–Kier alpha value is -3.03. The van der Waals surface area contributed by atoms with E-state index in [2.05, 4.69) is 0 Å². The van der Waals surface area contributed by atoms with Crippen LogP contribution >= 0.6 is 0 Å². The van der Waals surface area contributed by atoms with Crippen molar-refractivity contribution in [3.8, 4) is 0 Å². The maximum Gasteiger partial charge on any atom is 0.377 e. The lowest BCUT2D eigenvalue weighted by molar-refractivity contribution is -0.131. The van der Waals surface area contributed by atoms with Gasteiger partial charge >= 0.3 is 11.9 Å². The van der Waals surface area contributed by atoms with E-state index in [-0.39, 0.29) is 23.5 Å². The zero-order valence-electron chi connectivity index (χ0n) is 17.6. The second kappa shape index (κ2) is 13.2. The maximum atomic E-state index is 10.7. The fraction of sp³-hybridized carbons (Fsp3) is 0.348. The molecule has 0 heterocycles. The topological polar surface area (TPSA) is 132 Å². The molecule has 0 saturated heterocycles. The third-order valence-electron chi connectivity index (χ3n) is 4.09. The molecule has 30 heavy (non-hydrogen) atoms. The van der Waals surface area contributed by atoms with E-state index in [1.54, 1.807) is 48.5 Å². The van der Waals surface area contributed by atoms with Crippen LogP contribution in [0.5, 0.6) is 0 Å². The molecular weight excluding hydrogens is 388 g/mol. The molecule has 7 heteroatoms. The molecule has 2 aromatic carbocycles. The van der Waals surface area contributed by atoms with Gasteiger partial charge in [0.15, 0.2) is 0 Å². The summed E-state index contributed by atoms with van der Waals surface area (Å²) in [5, 5.41) is 35.0. The van der Waals surface area contributed by atoms with Gasteiger partial charge in [-0.05, 0) is 18.1 Å². The van der Waals surface area contributed by atoms with Crippen LogP contribution in [0.2, 0.25) is 0 Å².